The molecule has 98 valence electrons. The van der Waals surface area contributed by atoms with Gasteiger partial charge in [-0.05, 0) is 43.4 Å². The zero-order valence-electron chi connectivity index (χ0n) is 10.6. The molecule has 1 saturated heterocycles. The van der Waals surface area contributed by atoms with E-state index in [1.165, 1.54) is 18.4 Å². The van der Waals surface area contributed by atoms with E-state index in [0.717, 1.165) is 32.5 Å². The van der Waals surface area contributed by atoms with Crippen LogP contribution in [0.2, 0.25) is 0 Å². The lowest BCUT2D eigenvalue weighted by atomic mass is 9.94. The van der Waals surface area contributed by atoms with Crippen LogP contribution in [-0.4, -0.2) is 35.7 Å². The maximum Gasteiger partial charge on any atom is 0.123 e. The summed E-state index contributed by atoms with van der Waals surface area (Å²) < 4.78 is 13.0. The molecule has 1 saturated carbocycles. The number of benzene rings is 1. The maximum atomic E-state index is 13.0. The van der Waals surface area contributed by atoms with Crippen LogP contribution in [0.4, 0.5) is 4.39 Å². The Morgan fingerprint density at radius 1 is 1.17 bits per heavy atom. The third-order valence-electron chi connectivity index (χ3n) is 4.39. The van der Waals surface area contributed by atoms with E-state index in [1.54, 1.807) is 12.1 Å². The van der Waals surface area contributed by atoms with E-state index in [-0.39, 0.29) is 17.3 Å². The van der Waals surface area contributed by atoms with Crippen molar-refractivity contribution in [2.75, 3.05) is 19.6 Å². The van der Waals surface area contributed by atoms with Crippen LogP contribution in [-0.2, 0) is 5.41 Å². The highest BCUT2D eigenvalue weighted by Crippen LogP contribution is 2.48. The summed E-state index contributed by atoms with van der Waals surface area (Å²) in [5, 5.41) is 9.52. The molecule has 2 fully saturated rings. The molecule has 1 aromatic rings. The molecular formula is C15H20FNO. The monoisotopic (exact) mass is 249 g/mol. The van der Waals surface area contributed by atoms with Crippen LogP contribution in [0.5, 0.6) is 0 Å². The number of piperidine rings is 1. The predicted molar refractivity (Wildman–Crippen MR) is 69.0 cm³/mol. The van der Waals surface area contributed by atoms with Crippen molar-refractivity contribution in [2.24, 2.45) is 0 Å². The number of aliphatic hydroxyl groups is 1. The lowest BCUT2D eigenvalue weighted by molar-refractivity contribution is 0.0780. The Bertz CT molecular complexity index is 405. The zero-order valence-corrected chi connectivity index (χ0v) is 10.6. The van der Waals surface area contributed by atoms with E-state index in [2.05, 4.69) is 4.90 Å². The summed E-state index contributed by atoms with van der Waals surface area (Å²) in [6.07, 6.45) is 4.08. The fourth-order valence-corrected chi connectivity index (χ4v) is 3.00. The summed E-state index contributed by atoms with van der Waals surface area (Å²) in [5.41, 5.74) is 1.53. The first-order valence-corrected chi connectivity index (χ1v) is 6.84. The molecule has 0 spiro atoms. The van der Waals surface area contributed by atoms with Gasteiger partial charge >= 0.3 is 0 Å². The Kier molecular flexibility index (Phi) is 3.12. The second-order valence-corrected chi connectivity index (χ2v) is 5.79. The summed E-state index contributed by atoms with van der Waals surface area (Å²) in [7, 11) is 0. The lowest BCUT2D eigenvalue weighted by Gasteiger charge is -2.32. The second kappa shape index (κ2) is 4.63. The van der Waals surface area contributed by atoms with Crippen LogP contribution < -0.4 is 0 Å². The van der Waals surface area contributed by atoms with Gasteiger partial charge in [-0.3, -0.25) is 0 Å². The van der Waals surface area contributed by atoms with Crippen LogP contribution in [0.25, 0.3) is 0 Å². The van der Waals surface area contributed by atoms with E-state index in [9.17, 15) is 9.50 Å². The molecule has 1 aliphatic heterocycles. The second-order valence-electron chi connectivity index (χ2n) is 5.79. The third-order valence-corrected chi connectivity index (χ3v) is 4.39. The Labute approximate surface area is 107 Å². The molecule has 1 heterocycles. The Morgan fingerprint density at radius 3 is 2.33 bits per heavy atom. The van der Waals surface area contributed by atoms with Gasteiger partial charge in [-0.15, -0.1) is 0 Å². The van der Waals surface area contributed by atoms with Crippen LogP contribution in [0, 0.1) is 5.82 Å². The van der Waals surface area contributed by atoms with Crippen LogP contribution in [0.15, 0.2) is 24.3 Å². The molecule has 0 atom stereocenters. The van der Waals surface area contributed by atoms with Gasteiger partial charge in [-0.25, -0.2) is 4.39 Å². The van der Waals surface area contributed by atoms with Crippen molar-refractivity contribution in [1.82, 2.24) is 4.90 Å². The standard InChI is InChI=1S/C15H20FNO/c16-13-3-1-12(2-4-13)15(7-8-15)11-17-9-5-14(18)6-10-17/h1-4,14,18H,5-11H2. The van der Waals surface area contributed by atoms with Crippen LogP contribution in [0.3, 0.4) is 0 Å². The molecule has 2 nitrogen and oxygen atoms in total. The van der Waals surface area contributed by atoms with Gasteiger partial charge in [0.1, 0.15) is 5.82 Å². The van der Waals surface area contributed by atoms with Gasteiger partial charge < -0.3 is 10.0 Å². The topological polar surface area (TPSA) is 23.5 Å². The number of hydrogen-bond acceptors (Lipinski definition) is 2. The summed E-state index contributed by atoms with van der Waals surface area (Å²) in [6.45, 7) is 3.04. The molecule has 0 radical (unpaired) electrons. The molecule has 0 amide bonds. The van der Waals surface area contributed by atoms with Crippen molar-refractivity contribution in [3.05, 3.63) is 35.6 Å². The number of nitrogens with zero attached hydrogens (tertiary/aromatic N) is 1. The lowest BCUT2D eigenvalue weighted by Crippen LogP contribution is -2.40. The fourth-order valence-electron chi connectivity index (χ4n) is 3.00. The summed E-state index contributed by atoms with van der Waals surface area (Å²) in [6, 6.07) is 6.99. The van der Waals surface area contributed by atoms with E-state index < -0.39 is 0 Å². The van der Waals surface area contributed by atoms with Crippen molar-refractivity contribution >= 4 is 0 Å². The molecule has 1 N–H and O–H groups in total. The van der Waals surface area contributed by atoms with Crippen molar-refractivity contribution in [1.29, 1.82) is 0 Å². The predicted octanol–water partition coefficient (Wildman–Crippen LogP) is 2.31. The van der Waals surface area contributed by atoms with Crippen molar-refractivity contribution in [3.63, 3.8) is 0 Å². The Hall–Kier alpha value is -0.930. The first-order chi connectivity index (χ1) is 8.68. The van der Waals surface area contributed by atoms with E-state index >= 15 is 0 Å². The minimum Gasteiger partial charge on any atom is -0.393 e. The van der Waals surface area contributed by atoms with Gasteiger partial charge in [0.2, 0.25) is 0 Å². The summed E-state index contributed by atoms with van der Waals surface area (Å²) >= 11 is 0. The molecule has 0 bridgehead atoms. The molecule has 3 rings (SSSR count). The molecule has 1 aliphatic carbocycles. The van der Waals surface area contributed by atoms with Gasteiger partial charge in [0.25, 0.3) is 0 Å². The molecule has 2 aliphatic rings. The van der Waals surface area contributed by atoms with Crippen molar-refractivity contribution in [3.8, 4) is 0 Å². The average Bonchev–Trinajstić information content (AvgIpc) is 3.14. The summed E-state index contributed by atoms with van der Waals surface area (Å²) in [4.78, 5) is 2.45. The van der Waals surface area contributed by atoms with Gasteiger partial charge in [0.05, 0.1) is 6.10 Å². The highest BCUT2D eigenvalue weighted by atomic mass is 19.1. The highest BCUT2D eigenvalue weighted by Gasteiger charge is 2.45. The third kappa shape index (κ3) is 2.43. The van der Waals surface area contributed by atoms with E-state index in [0.29, 0.717) is 0 Å². The largest absolute Gasteiger partial charge is 0.393 e. The van der Waals surface area contributed by atoms with E-state index in [4.69, 9.17) is 0 Å². The summed E-state index contributed by atoms with van der Waals surface area (Å²) in [5.74, 6) is -0.157. The maximum absolute atomic E-state index is 13.0. The van der Waals surface area contributed by atoms with E-state index in [1.807, 2.05) is 12.1 Å². The Morgan fingerprint density at radius 2 is 1.78 bits per heavy atom. The Balaban J connectivity index is 1.66. The smallest absolute Gasteiger partial charge is 0.123 e. The minimum atomic E-state index is -0.157. The van der Waals surface area contributed by atoms with Gasteiger partial charge in [0.15, 0.2) is 0 Å². The van der Waals surface area contributed by atoms with Crippen molar-refractivity contribution in [2.45, 2.75) is 37.2 Å². The van der Waals surface area contributed by atoms with Crippen LogP contribution in [0.1, 0.15) is 31.2 Å². The first kappa shape index (κ1) is 12.1. The highest BCUT2D eigenvalue weighted by molar-refractivity contribution is 5.32. The molecule has 18 heavy (non-hydrogen) atoms. The molecule has 1 aromatic carbocycles. The number of aliphatic hydroxyl groups excluding tert-OH is 1. The quantitative estimate of drug-likeness (QED) is 0.888. The van der Waals surface area contributed by atoms with Crippen molar-refractivity contribution < 1.29 is 9.50 Å². The number of rotatable bonds is 3. The molecule has 3 heteroatoms. The van der Waals surface area contributed by atoms with Crippen LogP contribution >= 0.6 is 0 Å². The number of hydrogen-bond donors (Lipinski definition) is 1. The average molecular weight is 249 g/mol. The number of halogens is 1. The SMILES string of the molecule is OC1CCN(CC2(c3ccc(F)cc3)CC2)CC1. The fraction of sp³-hybridized carbons (Fsp3) is 0.600. The number of likely N-dealkylation sites (tertiary alicyclic amines) is 1. The molecule has 0 aromatic heterocycles. The first-order valence-electron chi connectivity index (χ1n) is 6.84. The molecule has 0 unspecified atom stereocenters. The van der Waals surface area contributed by atoms with Gasteiger partial charge in [0, 0.05) is 25.0 Å². The van der Waals surface area contributed by atoms with Gasteiger partial charge in [-0.1, -0.05) is 12.1 Å². The minimum absolute atomic E-state index is 0.109. The van der Waals surface area contributed by atoms with Gasteiger partial charge in [-0.2, -0.15) is 0 Å². The molecular weight excluding hydrogens is 229 g/mol. The zero-order chi connectivity index (χ0) is 12.6. The normalized spacial score (nSPS) is 24.1.